The number of nitrogens with zero attached hydrogens (tertiary/aromatic N) is 3. The summed E-state index contributed by atoms with van der Waals surface area (Å²) in [5.74, 6) is -0.975. The molecule has 0 radical (unpaired) electrons. The molecular weight excluding hydrogens is 474 g/mol. The van der Waals surface area contributed by atoms with E-state index in [4.69, 9.17) is 4.74 Å². The second kappa shape index (κ2) is 11.1. The highest BCUT2D eigenvalue weighted by Crippen LogP contribution is 2.20. The zero-order valence-corrected chi connectivity index (χ0v) is 21.4. The number of carbonyl (C=O) groups is 2. The topological polar surface area (TPSA) is 98.0 Å². The Morgan fingerprint density at radius 3 is 2.29 bits per heavy atom. The molecule has 2 aromatic carbocycles. The monoisotopic (exact) mass is 503 g/mol. The van der Waals surface area contributed by atoms with Crippen LogP contribution in [0.5, 0.6) is 0 Å². The number of carbonyl (C=O) groups excluding carboxylic acids is 2. The molecule has 0 aliphatic carbocycles. The fourth-order valence-electron chi connectivity index (χ4n) is 3.53. The van der Waals surface area contributed by atoms with Crippen LogP contribution in [0.2, 0.25) is 0 Å². The standard InChI is InChI=1S/C24H29N3O5S2/c1-5-13-26(14-6-2)34(30,31)19-10-8-18(9-11-19)23(29)25-24-27(16-22(28)32-4)20-12-7-17(3)15-21(20)33-24/h7-12,15H,5-6,13-14,16H2,1-4H3. The Morgan fingerprint density at radius 1 is 1.06 bits per heavy atom. The van der Waals surface area contributed by atoms with Gasteiger partial charge >= 0.3 is 5.97 Å². The van der Waals surface area contributed by atoms with Crippen molar-refractivity contribution in [2.45, 2.75) is 45.1 Å². The van der Waals surface area contributed by atoms with Crippen LogP contribution in [-0.2, 0) is 26.1 Å². The number of aryl methyl sites for hydroxylation is 1. The molecule has 0 N–H and O–H groups in total. The van der Waals surface area contributed by atoms with Crippen molar-refractivity contribution in [1.29, 1.82) is 0 Å². The minimum atomic E-state index is -3.63. The molecule has 10 heteroatoms. The molecule has 0 aliphatic rings. The number of hydrogen-bond acceptors (Lipinski definition) is 6. The molecule has 8 nitrogen and oxygen atoms in total. The maximum atomic E-state index is 13.0. The van der Waals surface area contributed by atoms with Gasteiger partial charge in [0, 0.05) is 18.7 Å². The summed E-state index contributed by atoms with van der Waals surface area (Å²) in [6.07, 6.45) is 1.43. The second-order valence-electron chi connectivity index (χ2n) is 7.86. The minimum absolute atomic E-state index is 0.0758. The van der Waals surface area contributed by atoms with E-state index >= 15 is 0 Å². The summed E-state index contributed by atoms with van der Waals surface area (Å²) in [5, 5.41) is 0. The van der Waals surface area contributed by atoms with E-state index in [-0.39, 0.29) is 17.0 Å². The van der Waals surface area contributed by atoms with Gasteiger partial charge in [-0.3, -0.25) is 9.59 Å². The highest BCUT2D eigenvalue weighted by Gasteiger charge is 2.23. The molecule has 1 amide bonds. The van der Waals surface area contributed by atoms with E-state index in [1.165, 1.54) is 47.0 Å². The Morgan fingerprint density at radius 2 is 1.71 bits per heavy atom. The molecule has 0 saturated heterocycles. The number of thiazole rings is 1. The van der Waals surface area contributed by atoms with E-state index in [1.807, 2.05) is 39.0 Å². The first-order valence-electron chi connectivity index (χ1n) is 11.1. The number of methoxy groups -OCH3 is 1. The number of fused-ring (bicyclic) bond motifs is 1. The van der Waals surface area contributed by atoms with Crippen LogP contribution >= 0.6 is 11.3 Å². The Balaban J connectivity index is 1.97. The highest BCUT2D eigenvalue weighted by atomic mass is 32.2. The first-order valence-corrected chi connectivity index (χ1v) is 13.3. The third-order valence-corrected chi connectivity index (χ3v) is 8.19. The lowest BCUT2D eigenvalue weighted by Crippen LogP contribution is -2.32. The number of rotatable bonds is 9. The number of benzene rings is 2. The number of amides is 1. The van der Waals surface area contributed by atoms with E-state index in [2.05, 4.69) is 4.99 Å². The molecule has 0 aliphatic heterocycles. The van der Waals surface area contributed by atoms with Gasteiger partial charge in [-0.15, -0.1) is 0 Å². The van der Waals surface area contributed by atoms with Gasteiger partial charge in [-0.1, -0.05) is 31.3 Å². The first-order chi connectivity index (χ1) is 16.2. The van der Waals surface area contributed by atoms with Crippen LogP contribution in [0.3, 0.4) is 0 Å². The molecule has 0 bridgehead atoms. The van der Waals surface area contributed by atoms with Crippen LogP contribution in [0, 0.1) is 6.92 Å². The number of ether oxygens (including phenoxy) is 1. The number of hydrogen-bond donors (Lipinski definition) is 0. The van der Waals surface area contributed by atoms with Gasteiger partial charge in [0.25, 0.3) is 5.91 Å². The van der Waals surface area contributed by atoms with Crippen LogP contribution < -0.4 is 4.80 Å². The van der Waals surface area contributed by atoms with Gasteiger partial charge in [-0.25, -0.2) is 8.42 Å². The van der Waals surface area contributed by atoms with Crippen molar-refractivity contribution in [3.05, 3.63) is 58.4 Å². The summed E-state index contributed by atoms with van der Waals surface area (Å²) >= 11 is 1.30. The second-order valence-corrected chi connectivity index (χ2v) is 10.8. The fraction of sp³-hybridized carbons (Fsp3) is 0.375. The molecule has 0 spiro atoms. The maximum Gasteiger partial charge on any atom is 0.325 e. The zero-order chi connectivity index (χ0) is 24.9. The van der Waals surface area contributed by atoms with Crippen molar-refractivity contribution in [3.63, 3.8) is 0 Å². The van der Waals surface area contributed by atoms with Gasteiger partial charge in [0.2, 0.25) is 10.0 Å². The van der Waals surface area contributed by atoms with Gasteiger partial charge in [0.15, 0.2) is 4.80 Å². The largest absolute Gasteiger partial charge is 0.468 e. The van der Waals surface area contributed by atoms with Gasteiger partial charge in [0.05, 0.1) is 22.2 Å². The molecule has 0 unspecified atom stereocenters. The number of esters is 1. The summed E-state index contributed by atoms with van der Waals surface area (Å²) in [4.78, 5) is 29.6. The Hall–Kier alpha value is -2.82. The predicted octanol–water partition coefficient (Wildman–Crippen LogP) is 3.74. The number of sulfonamides is 1. The molecule has 3 rings (SSSR count). The Kier molecular flexibility index (Phi) is 8.40. The molecule has 0 atom stereocenters. The van der Waals surface area contributed by atoms with Crippen LogP contribution in [-0.4, -0.2) is 49.4 Å². The predicted molar refractivity (Wildman–Crippen MR) is 132 cm³/mol. The average Bonchev–Trinajstić information content (AvgIpc) is 3.14. The van der Waals surface area contributed by atoms with E-state index < -0.39 is 21.9 Å². The van der Waals surface area contributed by atoms with E-state index in [1.54, 1.807) is 4.57 Å². The molecular formula is C24H29N3O5S2. The zero-order valence-electron chi connectivity index (χ0n) is 19.8. The maximum absolute atomic E-state index is 13.0. The fourth-order valence-corrected chi connectivity index (χ4v) is 6.28. The molecule has 182 valence electrons. The van der Waals surface area contributed by atoms with Gasteiger partial charge in [-0.2, -0.15) is 9.30 Å². The average molecular weight is 504 g/mol. The van der Waals surface area contributed by atoms with Crippen LogP contribution in [0.1, 0.15) is 42.6 Å². The van der Waals surface area contributed by atoms with Crippen LogP contribution in [0.4, 0.5) is 0 Å². The van der Waals surface area contributed by atoms with E-state index in [0.717, 1.165) is 28.6 Å². The molecule has 1 heterocycles. The Bertz CT molecular complexity index is 1350. The van der Waals surface area contributed by atoms with Crippen LogP contribution in [0.25, 0.3) is 10.2 Å². The summed E-state index contributed by atoms with van der Waals surface area (Å²) in [7, 11) is -2.33. The van der Waals surface area contributed by atoms with Crippen molar-refractivity contribution >= 4 is 43.5 Å². The Labute approximate surface area is 203 Å². The molecule has 0 saturated carbocycles. The molecule has 3 aromatic rings. The lowest BCUT2D eigenvalue weighted by atomic mass is 10.2. The lowest BCUT2D eigenvalue weighted by molar-refractivity contribution is -0.141. The van der Waals surface area contributed by atoms with Gasteiger partial charge in [-0.05, 0) is 61.7 Å². The minimum Gasteiger partial charge on any atom is -0.468 e. The van der Waals surface area contributed by atoms with E-state index in [9.17, 15) is 18.0 Å². The molecule has 0 fully saturated rings. The molecule has 34 heavy (non-hydrogen) atoms. The van der Waals surface area contributed by atoms with E-state index in [0.29, 0.717) is 17.9 Å². The van der Waals surface area contributed by atoms with Crippen molar-refractivity contribution < 1.29 is 22.7 Å². The normalized spacial score (nSPS) is 12.4. The summed E-state index contributed by atoms with van der Waals surface area (Å²) in [6.45, 7) is 6.64. The summed E-state index contributed by atoms with van der Waals surface area (Å²) in [5.41, 5.74) is 2.09. The van der Waals surface area contributed by atoms with Crippen molar-refractivity contribution in [1.82, 2.24) is 8.87 Å². The van der Waals surface area contributed by atoms with Crippen molar-refractivity contribution in [3.8, 4) is 0 Å². The summed E-state index contributed by atoms with van der Waals surface area (Å²) < 4.78 is 34.7. The number of aromatic nitrogens is 1. The quantitative estimate of drug-likeness (QED) is 0.415. The van der Waals surface area contributed by atoms with Crippen molar-refractivity contribution in [2.75, 3.05) is 20.2 Å². The third kappa shape index (κ3) is 5.63. The van der Waals surface area contributed by atoms with Gasteiger partial charge in [0.1, 0.15) is 6.54 Å². The molecule has 1 aromatic heterocycles. The smallest absolute Gasteiger partial charge is 0.325 e. The SMILES string of the molecule is CCCN(CCC)S(=O)(=O)c1ccc(C(=O)N=c2sc3cc(C)ccc3n2CC(=O)OC)cc1. The van der Waals surface area contributed by atoms with Crippen molar-refractivity contribution in [2.24, 2.45) is 4.99 Å². The lowest BCUT2D eigenvalue weighted by Gasteiger charge is -2.21. The first kappa shape index (κ1) is 25.8. The van der Waals surface area contributed by atoms with Crippen LogP contribution in [0.15, 0.2) is 52.4 Å². The third-order valence-electron chi connectivity index (χ3n) is 5.24. The van der Waals surface area contributed by atoms with Gasteiger partial charge < -0.3 is 9.30 Å². The highest BCUT2D eigenvalue weighted by molar-refractivity contribution is 7.89. The summed E-state index contributed by atoms with van der Waals surface area (Å²) in [6, 6.07) is 11.6.